The van der Waals surface area contributed by atoms with Gasteiger partial charge in [0.1, 0.15) is 0 Å². The molecule has 0 aliphatic heterocycles. The Hall–Kier alpha value is -0.870. The summed E-state index contributed by atoms with van der Waals surface area (Å²) < 4.78 is 1.28. The van der Waals surface area contributed by atoms with Gasteiger partial charge in [-0.3, -0.25) is 0 Å². The van der Waals surface area contributed by atoms with Gasteiger partial charge < -0.3 is 0 Å². The highest BCUT2D eigenvalue weighted by Gasteiger charge is 2.10. The first kappa shape index (κ1) is 14.1. The van der Waals surface area contributed by atoms with E-state index in [1.54, 1.807) is 0 Å². The first-order valence-electron chi connectivity index (χ1n) is 6.60. The summed E-state index contributed by atoms with van der Waals surface area (Å²) in [7, 11) is 0. The maximum Gasteiger partial charge on any atom is 0.0436 e. The second-order valence-electron chi connectivity index (χ2n) is 4.86. The van der Waals surface area contributed by atoms with Gasteiger partial charge in [-0.05, 0) is 63.0 Å². The summed E-state index contributed by atoms with van der Waals surface area (Å²) in [6.45, 7) is 0. The van der Waals surface area contributed by atoms with Crippen LogP contribution in [0.3, 0.4) is 0 Å². The average Bonchev–Trinajstić information content (AvgIpc) is 2.47. The van der Waals surface area contributed by atoms with Crippen LogP contribution in [0.5, 0.6) is 0 Å². The van der Waals surface area contributed by atoms with Gasteiger partial charge in [0.05, 0.1) is 0 Å². The third kappa shape index (κ3) is 3.07. The van der Waals surface area contributed by atoms with Crippen molar-refractivity contribution in [3.05, 3.63) is 81.4 Å². The van der Waals surface area contributed by atoms with Gasteiger partial charge in [-0.25, -0.2) is 0 Å². The minimum Gasteiger partial charge on any atom is -0.0835 e. The molecule has 0 radical (unpaired) electrons. The average molecular weight is 437 g/mol. The van der Waals surface area contributed by atoms with Gasteiger partial charge >= 0.3 is 0 Å². The summed E-state index contributed by atoms with van der Waals surface area (Å²) in [4.78, 5) is 0.350. The number of alkyl halides is 1. The molecule has 0 aliphatic carbocycles. The van der Waals surface area contributed by atoms with Crippen LogP contribution in [0.2, 0.25) is 0 Å². The van der Waals surface area contributed by atoms with Gasteiger partial charge in [0.2, 0.25) is 0 Å². The Morgan fingerprint density at radius 1 is 0.900 bits per heavy atom. The highest BCUT2D eigenvalue weighted by Crippen LogP contribution is 2.30. The van der Waals surface area contributed by atoms with Crippen LogP contribution in [-0.4, -0.2) is 0 Å². The van der Waals surface area contributed by atoms with Crippen LogP contribution in [0.1, 0.15) is 16.0 Å². The smallest absolute Gasteiger partial charge is 0.0436 e. The zero-order valence-corrected chi connectivity index (χ0v) is 14.6. The molecule has 1 unspecified atom stereocenters. The maximum absolute atomic E-state index is 3.84. The highest BCUT2D eigenvalue weighted by atomic mass is 127. The van der Waals surface area contributed by atoms with E-state index in [9.17, 15) is 0 Å². The zero-order chi connectivity index (χ0) is 13.9. The molecule has 0 nitrogen and oxygen atoms in total. The molecule has 0 saturated carbocycles. The lowest BCUT2D eigenvalue weighted by Gasteiger charge is -2.13. The Morgan fingerprint density at radius 3 is 2.50 bits per heavy atom. The minimum absolute atomic E-state index is 0.350. The molecule has 0 aromatic heterocycles. The highest BCUT2D eigenvalue weighted by molar-refractivity contribution is 14.1. The van der Waals surface area contributed by atoms with Crippen molar-refractivity contribution in [3.8, 4) is 0 Å². The van der Waals surface area contributed by atoms with Crippen molar-refractivity contribution in [2.24, 2.45) is 0 Å². The van der Waals surface area contributed by atoms with E-state index < -0.39 is 0 Å². The molecule has 2 heteroatoms. The van der Waals surface area contributed by atoms with E-state index in [-0.39, 0.29) is 0 Å². The normalized spacial score (nSPS) is 12.5. The number of hydrogen-bond acceptors (Lipinski definition) is 0. The molecule has 0 heterocycles. The van der Waals surface area contributed by atoms with Crippen molar-refractivity contribution < 1.29 is 0 Å². The zero-order valence-electron chi connectivity index (χ0n) is 10.9. The first-order valence-corrected chi connectivity index (χ1v) is 8.59. The van der Waals surface area contributed by atoms with Gasteiger partial charge in [0, 0.05) is 8.40 Å². The standard InChI is InChI=1S/C18H14BrI/c19-18(15-8-4-9-16(20)11-15)12-14-7-3-6-13-5-1-2-10-17(13)14/h1-11,18H,12H2. The molecular weight excluding hydrogens is 423 g/mol. The van der Waals surface area contributed by atoms with Gasteiger partial charge in [0.25, 0.3) is 0 Å². The van der Waals surface area contributed by atoms with Crippen LogP contribution in [0.25, 0.3) is 10.8 Å². The lowest BCUT2D eigenvalue weighted by Crippen LogP contribution is -1.96. The molecule has 0 bridgehead atoms. The van der Waals surface area contributed by atoms with Crippen molar-refractivity contribution in [2.45, 2.75) is 11.2 Å². The lowest BCUT2D eigenvalue weighted by atomic mass is 9.98. The largest absolute Gasteiger partial charge is 0.0835 e. The summed E-state index contributed by atoms with van der Waals surface area (Å²) in [5.41, 5.74) is 2.73. The predicted molar refractivity (Wildman–Crippen MR) is 98.5 cm³/mol. The van der Waals surface area contributed by atoms with Crippen molar-refractivity contribution in [1.29, 1.82) is 0 Å². The van der Waals surface area contributed by atoms with Gasteiger partial charge in [0.15, 0.2) is 0 Å². The molecule has 0 fully saturated rings. The van der Waals surface area contributed by atoms with Crippen molar-refractivity contribution >= 4 is 49.3 Å². The third-order valence-corrected chi connectivity index (χ3v) is 5.01. The quantitative estimate of drug-likeness (QED) is 0.342. The van der Waals surface area contributed by atoms with Crippen LogP contribution in [0.15, 0.2) is 66.7 Å². The summed E-state index contributed by atoms with van der Waals surface area (Å²) >= 11 is 6.20. The van der Waals surface area contributed by atoms with Gasteiger partial charge in [-0.15, -0.1) is 0 Å². The van der Waals surface area contributed by atoms with E-state index in [0.29, 0.717) is 4.83 Å². The van der Waals surface area contributed by atoms with Gasteiger partial charge in [-0.1, -0.05) is 70.5 Å². The third-order valence-electron chi connectivity index (χ3n) is 3.49. The summed E-state index contributed by atoms with van der Waals surface area (Å²) in [5.74, 6) is 0. The number of fused-ring (bicyclic) bond motifs is 1. The number of hydrogen-bond donors (Lipinski definition) is 0. The van der Waals surface area contributed by atoms with Crippen LogP contribution >= 0.6 is 38.5 Å². The maximum atomic E-state index is 3.84. The molecular formula is C18H14BrI. The molecule has 3 rings (SSSR count). The number of halogens is 2. The fourth-order valence-corrected chi connectivity index (χ4v) is 3.68. The van der Waals surface area contributed by atoms with E-state index >= 15 is 0 Å². The molecule has 0 N–H and O–H groups in total. The Labute approximate surface area is 141 Å². The van der Waals surface area contributed by atoms with Gasteiger partial charge in [-0.2, -0.15) is 0 Å². The Morgan fingerprint density at radius 2 is 1.65 bits per heavy atom. The number of rotatable bonds is 3. The van der Waals surface area contributed by atoms with E-state index in [0.717, 1.165) is 6.42 Å². The molecule has 0 spiro atoms. The van der Waals surface area contributed by atoms with Crippen molar-refractivity contribution in [2.75, 3.05) is 0 Å². The van der Waals surface area contributed by atoms with Crippen LogP contribution in [0, 0.1) is 3.57 Å². The summed E-state index contributed by atoms with van der Waals surface area (Å²) in [6, 6.07) is 23.8. The molecule has 3 aromatic rings. The SMILES string of the molecule is BrC(Cc1cccc2ccccc12)c1cccc(I)c1. The second-order valence-corrected chi connectivity index (χ2v) is 7.22. The first-order chi connectivity index (χ1) is 9.74. The fraction of sp³-hybridized carbons (Fsp3) is 0.111. The van der Waals surface area contributed by atoms with Crippen LogP contribution in [0.4, 0.5) is 0 Å². The number of benzene rings is 3. The summed E-state index contributed by atoms with van der Waals surface area (Å²) in [5, 5.41) is 2.66. The Balaban J connectivity index is 1.93. The van der Waals surface area contributed by atoms with Crippen molar-refractivity contribution in [1.82, 2.24) is 0 Å². The molecule has 0 amide bonds. The minimum atomic E-state index is 0.350. The van der Waals surface area contributed by atoms with Crippen molar-refractivity contribution in [3.63, 3.8) is 0 Å². The molecule has 3 aromatic carbocycles. The molecule has 0 aliphatic rings. The summed E-state index contributed by atoms with van der Waals surface area (Å²) in [6.07, 6.45) is 1.00. The van der Waals surface area contributed by atoms with E-state index in [4.69, 9.17) is 0 Å². The molecule has 0 saturated heterocycles. The Kier molecular flexibility index (Phi) is 4.41. The second kappa shape index (κ2) is 6.27. The fourth-order valence-electron chi connectivity index (χ4n) is 2.48. The Bertz CT molecular complexity index is 731. The van der Waals surface area contributed by atoms with Crippen LogP contribution < -0.4 is 0 Å². The van der Waals surface area contributed by atoms with E-state index in [1.807, 2.05) is 0 Å². The van der Waals surface area contributed by atoms with E-state index in [1.165, 1.54) is 25.5 Å². The topological polar surface area (TPSA) is 0 Å². The lowest BCUT2D eigenvalue weighted by molar-refractivity contribution is 0.956. The molecule has 100 valence electrons. The molecule has 20 heavy (non-hydrogen) atoms. The predicted octanol–water partition coefficient (Wildman–Crippen LogP) is 6.12. The van der Waals surface area contributed by atoms with E-state index in [2.05, 4.69) is 105 Å². The monoisotopic (exact) mass is 436 g/mol. The molecule has 1 atom stereocenters. The van der Waals surface area contributed by atoms with Crippen LogP contribution in [-0.2, 0) is 6.42 Å².